The summed E-state index contributed by atoms with van der Waals surface area (Å²) in [6, 6.07) is 6.00. The van der Waals surface area contributed by atoms with E-state index < -0.39 is 0 Å². The quantitative estimate of drug-likeness (QED) is 0.475. The number of pyridine rings is 1. The highest BCUT2D eigenvalue weighted by atomic mass is 16.5. The second-order valence-corrected chi connectivity index (χ2v) is 7.57. The number of hydrogen-bond donors (Lipinski definition) is 2. The third-order valence-corrected chi connectivity index (χ3v) is 4.86. The molecular weight excluding hydrogens is 396 g/mol. The fourth-order valence-corrected chi connectivity index (χ4v) is 3.18. The third-order valence-electron chi connectivity index (χ3n) is 4.86. The smallest absolute Gasteiger partial charge is 0.230 e. The Bertz CT molecular complexity index is 769. The molecule has 0 saturated carbocycles. The van der Waals surface area contributed by atoms with Crippen LogP contribution in [0.3, 0.4) is 0 Å². The van der Waals surface area contributed by atoms with E-state index in [0.29, 0.717) is 45.5 Å². The molecule has 1 aliphatic rings. The van der Waals surface area contributed by atoms with Gasteiger partial charge >= 0.3 is 0 Å². The first kappa shape index (κ1) is 23.1. The van der Waals surface area contributed by atoms with Crippen LogP contribution < -0.4 is 20.9 Å². The minimum atomic E-state index is 0.216. The highest BCUT2D eigenvalue weighted by Crippen LogP contribution is 2.19. The van der Waals surface area contributed by atoms with Gasteiger partial charge in [0.1, 0.15) is 11.6 Å². The van der Waals surface area contributed by atoms with Crippen LogP contribution in [0.15, 0.2) is 24.4 Å². The van der Waals surface area contributed by atoms with E-state index in [1.807, 2.05) is 24.4 Å². The Hall–Kier alpha value is -2.56. The number of rotatable bonds is 12. The van der Waals surface area contributed by atoms with E-state index in [4.69, 9.17) is 20.2 Å². The predicted octanol–water partition coefficient (Wildman–Crippen LogP) is 1.12. The molecule has 0 bridgehead atoms. The van der Waals surface area contributed by atoms with Crippen molar-refractivity contribution in [2.24, 2.45) is 5.73 Å². The lowest BCUT2D eigenvalue weighted by Crippen LogP contribution is -2.47. The van der Waals surface area contributed by atoms with Crippen LogP contribution in [-0.4, -0.2) is 85.6 Å². The molecule has 0 spiro atoms. The molecule has 10 heteroatoms. The zero-order chi connectivity index (χ0) is 21.9. The molecule has 0 amide bonds. The Kier molecular flexibility index (Phi) is 9.19. The molecule has 2 aromatic rings. The maximum Gasteiger partial charge on any atom is 0.230 e. The number of hydrogen-bond acceptors (Lipinski definition) is 10. The Labute approximate surface area is 184 Å². The van der Waals surface area contributed by atoms with E-state index in [-0.39, 0.29) is 5.92 Å². The van der Waals surface area contributed by atoms with Crippen molar-refractivity contribution in [2.45, 2.75) is 19.8 Å². The molecule has 0 radical (unpaired) electrons. The van der Waals surface area contributed by atoms with Crippen molar-refractivity contribution in [1.29, 1.82) is 0 Å². The molecule has 0 atom stereocenters. The largest absolute Gasteiger partial charge is 0.378 e. The molecule has 1 aliphatic heterocycles. The summed E-state index contributed by atoms with van der Waals surface area (Å²) in [7, 11) is 0. The molecule has 3 N–H and O–H groups in total. The second kappa shape index (κ2) is 12.3. The van der Waals surface area contributed by atoms with Crippen LogP contribution in [0, 0.1) is 0 Å². The number of nitrogens with zero attached hydrogens (tertiary/aromatic N) is 6. The van der Waals surface area contributed by atoms with Crippen molar-refractivity contribution >= 4 is 17.7 Å². The number of aromatic nitrogens is 4. The van der Waals surface area contributed by atoms with Gasteiger partial charge in [0.15, 0.2) is 0 Å². The summed E-state index contributed by atoms with van der Waals surface area (Å²) < 4.78 is 10.9. The topological polar surface area (TPSA) is 115 Å². The van der Waals surface area contributed by atoms with Crippen molar-refractivity contribution < 1.29 is 9.47 Å². The first-order valence-corrected chi connectivity index (χ1v) is 10.9. The standard InChI is InChI=1S/C21H34N8O2/c1-17(2)19-25-20(24-8-14-31-16-15-30-13-6-22)27-21(26-19)29-11-9-28(10-12-29)18-5-3-4-7-23-18/h3-5,7,17H,6,8-16,22H2,1-2H3,(H,24,25,26,27). The molecule has 1 fully saturated rings. The molecule has 2 aromatic heterocycles. The Morgan fingerprint density at radius 1 is 0.968 bits per heavy atom. The lowest BCUT2D eigenvalue weighted by atomic mass is 10.2. The Morgan fingerprint density at radius 3 is 2.39 bits per heavy atom. The van der Waals surface area contributed by atoms with Crippen molar-refractivity contribution in [3.8, 4) is 0 Å². The zero-order valence-electron chi connectivity index (χ0n) is 18.5. The van der Waals surface area contributed by atoms with Gasteiger partial charge in [0.25, 0.3) is 0 Å². The molecule has 0 aromatic carbocycles. The first-order chi connectivity index (χ1) is 15.2. The SMILES string of the molecule is CC(C)c1nc(NCCOCCOCCN)nc(N2CCN(c3ccccn3)CC2)n1. The fourth-order valence-electron chi connectivity index (χ4n) is 3.18. The van der Waals surface area contributed by atoms with Crippen molar-refractivity contribution in [2.75, 3.05) is 80.8 Å². The van der Waals surface area contributed by atoms with Gasteiger partial charge in [0.2, 0.25) is 11.9 Å². The van der Waals surface area contributed by atoms with E-state index >= 15 is 0 Å². The average Bonchev–Trinajstić information content (AvgIpc) is 2.81. The van der Waals surface area contributed by atoms with Crippen LogP contribution in [0.4, 0.5) is 17.7 Å². The summed E-state index contributed by atoms with van der Waals surface area (Å²) in [5.41, 5.74) is 5.38. The molecule has 3 heterocycles. The van der Waals surface area contributed by atoms with Crippen LogP contribution in [-0.2, 0) is 9.47 Å². The summed E-state index contributed by atoms with van der Waals surface area (Å²) in [6.07, 6.45) is 1.83. The number of nitrogens with one attached hydrogen (secondary N) is 1. The van der Waals surface area contributed by atoms with Gasteiger partial charge in [-0.1, -0.05) is 19.9 Å². The Balaban J connectivity index is 1.53. The maximum absolute atomic E-state index is 5.56. The number of piperazine rings is 1. The third kappa shape index (κ3) is 7.27. The molecule has 0 unspecified atom stereocenters. The van der Waals surface area contributed by atoms with Gasteiger partial charge in [0, 0.05) is 51.4 Å². The van der Waals surface area contributed by atoms with E-state index in [9.17, 15) is 0 Å². The number of ether oxygens (including phenoxy) is 2. The van der Waals surface area contributed by atoms with E-state index in [2.05, 4.69) is 43.9 Å². The van der Waals surface area contributed by atoms with Crippen LogP contribution in [0.2, 0.25) is 0 Å². The highest BCUT2D eigenvalue weighted by molar-refractivity contribution is 5.43. The van der Waals surface area contributed by atoms with Crippen LogP contribution in [0.1, 0.15) is 25.6 Å². The van der Waals surface area contributed by atoms with Crippen molar-refractivity contribution in [1.82, 2.24) is 19.9 Å². The molecular formula is C21H34N8O2. The van der Waals surface area contributed by atoms with Crippen LogP contribution >= 0.6 is 0 Å². The summed E-state index contributed by atoms with van der Waals surface area (Å²) in [5.74, 6) is 3.32. The average molecular weight is 431 g/mol. The zero-order valence-corrected chi connectivity index (χ0v) is 18.5. The summed E-state index contributed by atoms with van der Waals surface area (Å²) in [4.78, 5) is 22.9. The van der Waals surface area contributed by atoms with E-state index in [1.54, 1.807) is 0 Å². The second-order valence-electron chi connectivity index (χ2n) is 7.57. The molecule has 3 rings (SSSR count). The minimum Gasteiger partial charge on any atom is -0.378 e. The molecule has 1 saturated heterocycles. The van der Waals surface area contributed by atoms with Gasteiger partial charge in [-0.25, -0.2) is 4.98 Å². The predicted molar refractivity (Wildman–Crippen MR) is 122 cm³/mol. The molecule has 10 nitrogen and oxygen atoms in total. The lowest BCUT2D eigenvalue weighted by molar-refractivity contribution is 0.0547. The van der Waals surface area contributed by atoms with Crippen LogP contribution in [0.25, 0.3) is 0 Å². The van der Waals surface area contributed by atoms with Gasteiger partial charge in [-0.05, 0) is 12.1 Å². The normalized spacial score (nSPS) is 14.3. The van der Waals surface area contributed by atoms with E-state index in [1.165, 1.54) is 0 Å². The van der Waals surface area contributed by atoms with Crippen molar-refractivity contribution in [3.63, 3.8) is 0 Å². The number of anilines is 3. The monoisotopic (exact) mass is 430 g/mol. The lowest BCUT2D eigenvalue weighted by Gasteiger charge is -2.35. The summed E-state index contributed by atoms with van der Waals surface area (Å²) in [5, 5.41) is 3.26. The van der Waals surface area contributed by atoms with Crippen LogP contribution in [0.5, 0.6) is 0 Å². The number of nitrogens with two attached hydrogens (primary N) is 1. The Morgan fingerprint density at radius 2 is 1.71 bits per heavy atom. The highest BCUT2D eigenvalue weighted by Gasteiger charge is 2.21. The molecule has 170 valence electrons. The minimum absolute atomic E-state index is 0.216. The maximum atomic E-state index is 5.56. The van der Waals surface area contributed by atoms with Gasteiger partial charge in [-0.2, -0.15) is 15.0 Å². The fraction of sp³-hybridized carbons (Fsp3) is 0.619. The van der Waals surface area contributed by atoms with Gasteiger partial charge in [-0.3, -0.25) is 0 Å². The van der Waals surface area contributed by atoms with Gasteiger partial charge in [-0.15, -0.1) is 0 Å². The first-order valence-electron chi connectivity index (χ1n) is 10.9. The van der Waals surface area contributed by atoms with Gasteiger partial charge in [0.05, 0.1) is 26.4 Å². The summed E-state index contributed by atoms with van der Waals surface area (Å²) >= 11 is 0. The molecule has 0 aliphatic carbocycles. The van der Waals surface area contributed by atoms with E-state index in [0.717, 1.165) is 43.8 Å². The van der Waals surface area contributed by atoms with Gasteiger partial charge < -0.3 is 30.3 Å². The molecule has 31 heavy (non-hydrogen) atoms. The summed E-state index contributed by atoms with van der Waals surface area (Å²) in [6.45, 7) is 11.0. The van der Waals surface area contributed by atoms with Crippen molar-refractivity contribution in [3.05, 3.63) is 30.2 Å².